The van der Waals surface area contributed by atoms with Crippen molar-refractivity contribution in [2.24, 2.45) is 0 Å². The molecule has 0 atom stereocenters. The van der Waals surface area contributed by atoms with Gasteiger partial charge in [-0.25, -0.2) is 9.67 Å². The Hall–Kier alpha value is -5.03. The summed E-state index contributed by atoms with van der Waals surface area (Å²) < 4.78 is 24.1. The fourth-order valence-corrected chi connectivity index (χ4v) is 4.47. The third-order valence-corrected chi connectivity index (χ3v) is 6.61. The Balaban J connectivity index is 1.35. The van der Waals surface area contributed by atoms with Crippen LogP contribution >= 0.6 is 11.6 Å². The molecule has 0 saturated heterocycles. The van der Waals surface area contributed by atoms with Crippen molar-refractivity contribution in [3.05, 3.63) is 77.8 Å². The monoisotopic (exact) mass is 588 g/mol. The number of hydrogen-bond acceptors (Lipinski definition) is 9. The molecule has 0 radical (unpaired) electrons. The molecule has 12 heteroatoms. The maximum Gasteiger partial charge on any atom is 0.281 e. The molecule has 5 rings (SSSR count). The highest BCUT2D eigenvalue weighted by Crippen LogP contribution is 2.37. The van der Waals surface area contributed by atoms with Crippen LogP contribution in [-0.2, 0) is 0 Å². The van der Waals surface area contributed by atoms with Gasteiger partial charge in [0.1, 0.15) is 17.3 Å². The second-order valence-electron chi connectivity index (χ2n) is 9.22. The third-order valence-electron chi connectivity index (χ3n) is 6.30. The molecule has 0 aliphatic heterocycles. The van der Waals surface area contributed by atoms with Gasteiger partial charge in [0.25, 0.3) is 5.91 Å². The predicted molar refractivity (Wildman–Crippen MR) is 161 cm³/mol. The zero-order chi connectivity index (χ0) is 29.8. The topological polar surface area (TPSA) is 113 Å². The van der Waals surface area contributed by atoms with Crippen LogP contribution in [0.4, 0.5) is 11.5 Å². The van der Waals surface area contributed by atoms with E-state index in [0.717, 1.165) is 11.1 Å². The van der Waals surface area contributed by atoms with E-state index in [1.165, 1.54) is 10.9 Å². The van der Waals surface area contributed by atoms with Gasteiger partial charge in [-0.2, -0.15) is 5.10 Å². The lowest BCUT2D eigenvalue weighted by molar-refractivity contribution is 0.101. The number of fused-ring (bicyclic) bond motifs is 1. The highest BCUT2D eigenvalue weighted by Gasteiger charge is 2.21. The number of carbonyl (C=O) groups excluding carboxylic acids is 1. The van der Waals surface area contributed by atoms with Gasteiger partial charge in [-0.15, -0.1) is 0 Å². The molecule has 3 aromatic heterocycles. The maximum atomic E-state index is 13.2. The van der Waals surface area contributed by atoms with Crippen molar-refractivity contribution < 1.29 is 23.7 Å². The minimum Gasteiger partial charge on any atom is -0.493 e. The zero-order valence-corrected chi connectivity index (χ0v) is 24.5. The van der Waals surface area contributed by atoms with Crippen molar-refractivity contribution in [2.45, 2.75) is 6.92 Å². The first-order valence-corrected chi connectivity index (χ1v) is 13.3. The van der Waals surface area contributed by atoms with E-state index in [2.05, 4.69) is 20.4 Å². The van der Waals surface area contributed by atoms with E-state index in [0.29, 0.717) is 57.4 Å². The molecule has 42 heavy (non-hydrogen) atoms. The normalized spacial score (nSPS) is 10.8. The predicted octanol–water partition coefficient (Wildman–Crippen LogP) is 6.00. The van der Waals surface area contributed by atoms with Crippen molar-refractivity contribution >= 4 is 39.9 Å². The summed E-state index contributed by atoms with van der Waals surface area (Å²) in [5.74, 6) is 2.29. The SMILES string of the molecule is CCOc1cn(-c2ccc(N(C)C)cc2Cl)nc1C(=O)Nc1ccc(Oc2ccnc3cc(OC)c(OC)cc23)cn1. The van der Waals surface area contributed by atoms with E-state index < -0.39 is 5.91 Å². The number of carbonyl (C=O) groups is 1. The average Bonchev–Trinajstić information content (AvgIpc) is 3.41. The number of halogens is 1. The quantitative estimate of drug-likeness (QED) is 0.210. The summed E-state index contributed by atoms with van der Waals surface area (Å²) >= 11 is 6.52. The van der Waals surface area contributed by atoms with E-state index >= 15 is 0 Å². The maximum absolute atomic E-state index is 13.2. The lowest BCUT2D eigenvalue weighted by atomic mass is 10.2. The number of aromatic nitrogens is 4. The lowest BCUT2D eigenvalue weighted by Gasteiger charge is -2.14. The van der Waals surface area contributed by atoms with E-state index in [1.807, 2.05) is 44.1 Å². The molecule has 0 unspecified atom stereocenters. The Labute approximate surface area is 247 Å². The Morgan fingerprint density at radius 1 is 0.976 bits per heavy atom. The first kappa shape index (κ1) is 28.5. The van der Waals surface area contributed by atoms with Crippen LogP contribution in [0, 0.1) is 0 Å². The summed E-state index contributed by atoms with van der Waals surface area (Å²) in [5.41, 5.74) is 2.33. The largest absolute Gasteiger partial charge is 0.493 e. The van der Waals surface area contributed by atoms with Crippen LogP contribution in [0.2, 0.25) is 5.02 Å². The number of nitrogens with zero attached hydrogens (tertiary/aromatic N) is 5. The number of amides is 1. The van der Waals surface area contributed by atoms with Gasteiger partial charge in [0, 0.05) is 37.4 Å². The van der Waals surface area contributed by atoms with Gasteiger partial charge in [0.15, 0.2) is 22.9 Å². The van der Waals surface area contributed by atoms with Crippen LogP contribution in [0.25, 0.3) is 16.6 Å². The number of rotatable bonds is 10. The van der Waals surface area contributed by atoms with Gasteiger partial charge < -0.3 is 29.2 Å². The van der Waals surface area contributed by atoms with Crippen molar-refractivity contribution in [3.8, 4) is 34.4 Å². The molecule has 216 valence electrons. The van der Waals surface area contributed by atoms with Crippen LogP contribution < -0.4 is 29.2 Å². The van der Waals surface area contributed by atoms with Crippen LogP contribution in [-0.4, -0.2) is 60.6 Å². The number of anilines is 2. The average molecular weight is 589 g/mol. The molecule has 0 aliphatic carbocycles. The number of benzene rings is 2. The minimum atomic E-state index is -0.486. The Bertz CT molecular complexity index is 1740. The Morgan fingerprint density at radius 2 is 1.76 bits per heavy atom. The summed E-state index contributed by atoms with van der Waals surface area (Å²) in [6.45, 7) is 2.18. The van der Waals surface area contributed by atoms with Gasteiger partial charge in [0.05, 0.1) is 49.4 Å². The summed E-state index contributed by atoms with van der Waals surface area (Å²) in [6.07, 6.45) is 4.78. The zero-order valence-electron chi connectivity index (χ0n) is 23.7. The van der Waals surface area contributed by atoms with E-state index in [9.17, 15) is 4.79 Å². The first-order valence-electron chi connectivity index (χ1n) is 13.0. The van der Waals surface area contributed by atoms with Crippen molar-refractivity contribution in [1.29, 1.82) is 0 Å². The molecule has 0 fully saturated rings. The molecule has 0 bridgehead atoms. The van der Waals surface area contributed by atoms with Crippen molar-refractivity contribution in [3.63, 3.8) is 0 Å². The fourth-order valence-electron chi connectivity index (χ4n) is 4.21. The number of nitrogens with one attached hydrogen (secondary N) is 1. The van der Waals surface area contributed by atoms with Crippen LogP contribution in [0.15, 0.2) is 67.1 Å². The molecule has 2 aromatic carbocycles. The van der Waals surface area contributed by atoms with Gasteiger partial charge >= 0.3 is 0 Å². The summed E-state index contributed by atoms with van der Waals surface area (Å²) in [5, 5.41) is 8.45. The molecule has 5 aromatic rings. The van der Waals surface area contributed by atoms with Gasteiger partial charge in [-0.05, 0) is 49.4 Å². The van der Waals surface area contributed by atoms with E-state index in [1.54, 1.807) is 56.9 Å². The standard InChI is InChI=1S/C30H29ClN6O5/c1-6-41-27-17-37(23-9-7-18(36(2)3)13-21(23)31)35-29(27)30(38)34-28-10-8-19(16-33-28)42-24-11-12-32-22-15-26(40-5)25(39-4)14-20(22)24/h7-17H,6H2,1-5H3,(H,33,34,38). The molecule has 1 amide bonds. The second kappa shape index (κ2) is 12.2. The number of methoxy groups -OCH3 is 2. The van der Waals surface area contributed by atoms with E-state index in [-0.39, 0.29) is 5.69 Å². The minimum absolute atomic E-state index is 0.0966. The molecule has 3 heterocycles. The molecule has 1 N–H and O–H groups in total. The van der Waals surface area contributed by atoms with Gasteiger partial charge in [-0.3, -0.25) is 9.78 Å². The smallest absolute Gasteiger partial charge is 0.281 e. The summed E-state index contributed by atoms with van der Waals surface area (Å²) in [7, 11) is 6.99. The van der Waals surface area contributed by atoms with Gasteiger partial charge in [-0.1, -0.05) is 11.6 Å². The summed E-state index contributed by atoms with van der Waals surface area (Å²) in [4.78, 5) is 23.9. The third kappa shape index (κ3) is 5.86. The summed E-state index contributed by atoms with van der Waals surface area (Å²) in [6, 6.07) is 14.2. The van der Waals surface area contributed by atoms with Crippen LogP contribution in [0.5, 0.6) is 28.7 Å². The number of hydrogen-bond donors (Lipinski definition) is 1. The number of ether oxygens (including phenoxy) is 4. The van der Waals surface area contributed by atoms with Gasteiger partial charge in [0.2, 0.25) is 0 Å². The molecule has 0 spiro atoms. The fraction of sp³-hybridized carbons (Fsp3) is 0.200. The van der Waals surface area contributed by atoms with Crippen LogP contribution in [0.3, 0.4) is 0 Å². The molecular weight excluding hydrogens is 560 g/mol. The van der Waals surface area contributed by atoms with E-state index in [4.69, 9.17) is 30.5 Å². The molecular formula is C30H29ClN6O5. The molecule has 0 saturated carbocycles. The highest BCUT2D eigenvalue weighted by molar-refractivity contribution is 6.32. The Kier molecular flexibility index (Phi) is 8.30. The van der Waals surface area contributed by atoms with Crippen LogP contribution in [0.1, 0.15) is 17.4 Å². The Morgan fingerprint density at radius 3 is 2.43 bits per heavy atom. The lowest BCUT2D eigenvalue weighted by Crippen LogP contribution is -2.15. The van der Waals surface area contributed by atoms with Crippen molar-refractivity contribution in [1.82, 2.24) is 19.7 Å². The van der Waals surface area contributed by atoms with Crippen molar-refractivity contribution in [2.75, 3.05) is 45.1 Å². The first-order chi connectivity index (χ1) is 20.3. The highest BCUT2D eigenvalue weighted by atomic mass is 35.5. The molecule has 0 aliphatic rings. The molecule has 11 nitrogen and oxygen atoms in total. The second-order valence-corrected chi connectivity index (χ2v) is 9.63. The number of pyridine rings is 2.